The number of quaternary nitrogens is 1. The van der Waals surface area contributed by atoms with Gasteiger partial charge >= 0.3 is 0 Å². The fraction of sp³-hybridized carbons (Fsp3) is 0.300. The fourth-order valence-electron chi connectivity index (χ4n) is 3.04. The molecule has 3 rings (SSSR count). The zero-order chi connectivity index (χ0) is 19.4. The van der Waals surface area contributed by atoms with E-state index in [0.717, 1.165) is 12.3 Å². The van der Waals surface area contributed by atoms with Gasteiger partial charge < -0.3 is 24.1 Å². The Hall–Kier alpha value is -3.06. The molecule has 3 aromatic rings. The van der Waals surface area contributed by atoms with E-state index < -0.39 is 0 Å². The Morgan fingerprint density at radius 2 is 1.63 bits per heavy atom. The Labute approximate surface area is 157 Å². The minimum atomic E-state index is -0.187. The first-order chi connectivity index (χ1) is 13.0. The van der Waals surface area contributed by atoms with E-state index in [0.29, 0.717) is 34.8 Å². The van der Waals surface area contributed by atoms with Gasteiger partial charge in [-0.25, -0.2) is 4.98 Å². The summed E-state index contributed by atoms with van der Waals surface area (Å²) in [5.74, 6) is 2.52. The molecule has 0 aliphatic heterocycles. The average Bonchev–Trinajstić information content (AvgIpc) is 2.67. The van der Waals surface area contributed by atoms with Crippen molar-refractivity contribution in [3.8, 4) is 17.2 Å². The highest BCUT2D eigenvalue weighted by molar-refractivity contribution is 5.81. The van der Waals surface area contributed by atoms with Gasteiger partial charge in [-0.05, 0) is 30.3 Å². The topological polar surface area (TPSA) is 77.9 Å². The molecule has 7 heteroatoms. The molecule has 2 N–H and O–H groups in total. The summed E-state index contributed by atoms with van der Waals surface area (Å²) in [5.41, 5.74) is 1.58. The van der Waals surface area contributed by atoms with Crippen LogP contribution in [0.5, 0.6) is 17.2 Å². The molecule has 0 saturated carbocycles. The lowest BCUT2D eigenvalue weighted by molar-refractivity contribution is -0.908. The van der Waals surface area contributed by atoms with Gasteiger partial charge in [0.1, 0.15) is 18.8 Å². The van der Waals surface area contributed by atoms with E-state index in [4.69, 9.17) is 14.2 Å². The standard InChI is InChI=1S/C20H23N3O4/c1-23(11-13-5-7-14(25-2)8-6-13)12-19-21-16-10-18(27-4)17(26-3)9-15(16)20(24)22-19/h5-10H,11-12H2,1-4H3,(H,21,22,24)/p+1. The second-order valence-corrected chi connectivity index (χ2v) is 6.40. The number of ether oxygens (including phenoxy) is 3. The number of fused-ring (bicyclic) bond motifs is 1. The number of benzene rings is 2. The third-order valence-electron chi connectivity index (χ3n) is 4.39. The van der Waals surface area contributed by atoms with Crippen molar-refractivity contribution in [3.63, 3.8) is 0 Å². The highest BCUT2D eigenvalue weighted by atomic mass is 16.5. The molecular formula is C20H24N3O4+. The maximum Gasteiger partial charge on any atom is 0.259 e. The van der Waals surface area contributed by atoms with Crippen LogP contribution < -0.4 is 24.7 Å². The minimum absolute atomic E-state index is 0.187. The summed E-state index contributed by atoms with van der Waals surface area (Å²) < 4.78 is 15.8. The third-order valence-corrected chi connectivity index (χ3v) is 4.39. The lowest BCUT2D eigenvalue weighted by Crippen LogP contribution is -3.06. The molecule has 27 heavy (non-hydrogen) atoms. The zero-order valence-electron chi connectivity index (χ0n) is 16.0. The number of hydrogen-bond donors (Lipinski definition) is 2. The van der Waals surface area contributed by atoms with E-state index in [-0.39, 0.29) is 5.56 Å². The molecular weight excluding hydrogens is 346 g/mol. The van der Waals surface area contributed by atoms with Crippen molar-refractivity contribution in [2.24, 2.45) is 0 Å². The Balaban J connectivity index is 1.82. The minimum Gasteiger partial charge on any atom is -0.497 e. The zero-order valence-corrected chi connectivity index (χ0v) is 16.0. The average molecular weight is 370 g/mol. The summed E-state index contributed by atoms with van der Waals surface area (Å²) in [6.07, 6.45) is 0. The molecule has 0 amide bonds. The summed E-state index contributed by atoms with van der Waals surface area (Å²) in [6.45, 7) is 1.39. The van der Waals surface area contributed by atoms with Gasteiger partial charge in [0.15, 0.2) is 17.3 Å². The van der Waals surface area contributed by atoms with Crippen molar-refractivity contribution in [3.05, 3.63) is 58.1 Å². The van der Waals surface area contributed by atoms with Crippen molar-refractivity contribution >= 4 is 10.9 Å². The molecule has 0 fully saturated rings. The van der Waals surface area contributed by atoms with Gasteiger partial charge in [-0.2, -0.15) is 0 Å². The van der Waals surface area contributed by atoms with Gasteiger partial charge in [0.05, 0.1) is 39.3 Å². The normalized spacial score (nSPS) is 12.0. The number of methoxy groups -OCH3 is 3. The SMILES string of the molecule is COc1ccc(C[NH+](C)Cc2nc3cc(OC)c(OC)cc3c(=O)[nH]2)cc1. The van der Waals surface area contributed by atoms with Gasteiger partial charge in [-0.3, -0.25) is 4.79 Å². The second kappa shape index (κ2) is 8.09. The lowest BCUT2D eigenvalue weighted by atomic mass is 10.2. The maximum absolute atomic E-state index is 12.5. The largest absolute Gasteiger partial charge is 0.497 e. The van der Waals surface area contributed by atoms with Gasteiger partial charge in [-0.1, -0.05) is 0 Å². The van der Waals surface area contributed by atoms with E-state index in [1.165, 1.54) is 17.6 Å². The molecule has 1 heterocycles. The van der Waals surface area contributed by atoms with Crippen LogP contribution in [0.1, 0.15) is 11.4 Å². The van der Waals surface area contributed by atoms with Crippen LogP contribution in [-0.4, -0.2) is 38.3 Å². The first-order valence-corrected chi connectivity index (χ1v) is 8.63. The summed E-state index contributed by atoms with van der Waals surface area (Å²) in [5, 5.41) is 0.476. The highest BCUT2D eigenvalue weighted by Crippen LogP contribution is 2.29. The Bertz CT molecular complexity index is 983. The number of aromatic amines is 1. The maximum atomic E-state index is 12.5. The fourth-order valence-corrected chi connectivity index (χ4v) is 3.04. The van der Waals surface area contributed by atoms with E-state index >= 15 is 0 Å². The van der Waals surface area contributed by atoms with Crippen molar-refractivity contribution in [1.82, 2.24) is 9.97 Å². The first kappa shape index (κ1) is 18.7. The number of nitrogens with zero attached hydrogens (tertiary/aromatic N) is 1. The van der Waals surface area contributed by atoms with Crippen LogP contribution in [0.2, 0.25) is 0 Å². The number of aromatic nitrogens is 2. The predicted octanol–water partition coefficient (Wildman–Crippen LogP) is 1.16. The van der Waals surface area contributed by atoms with Crippen molar-refractivity contribution in [2.45, 2.75) is 13.1 Å². The van der Waals surface area contributed by atoms with Crippen LogP contribution in [0.25, 0.3) is 10.9 Å². The van der Waals surface area contributed by atoms with Crippen LogP contribution >= 0.6 is 0 Å². The van der Waals surface area contributed by atoms with E-state index in [1.807, 2.05) is 24.3 Å². The van der Waals surface area contributed by atoms with E-state index in [1.54, 1.807) is 26.4 Å². The molecule has 1 unspecified atom stereocenters. The van der Waals surface area contributed by atoms with Crippen molar-refractivity contribution in [1.29, 1.82) is 0 Å². The molecule has 1 aromatic heterocycles. The summed E-state index contributed by atoms with van der Waals surface area (Å²) in [6, 6.07) is 11.3. The van der Waals surface area contributed by atoms with Gasteiger partial charge in [0.2, 0.25) is 0 Å². The van der Waals surface area contributed by atoms with Crippen molar-refractivity contribution < 1.29 is 19.1 Å². The summed E-state index contributed by atoms with van der Waals surface area (Å²) >= 11 is 0. The Morgan fingerprint density at radius 3 is 2.26 bits per heavy atom. The van der Waals surface area contributed by atoms with Crippen LogP contribution in [0.3, 0.4) is 0 Å². The Morgan fingerprint density at radius 1 is 0.963 bits per heavy atom. The Kier molecular flexibility index (Phi) is 5.61. The van der Waals surface area contributed by atoms with Crippen LogP contribution in [0, 0.1) is 0 Å². The molecule has 142 valence electrons. The van der Waals surface area contributed by atoms with Crippen molar-refractivity contribution in [2.75, 3.05) is 28.4 Å². The highest BCUT2D eigenvalue weighted by Gasteiger charge is 2.13. The van der Waals surface area contributed by atoms with Gasteiger partial charge in [0.25, 0.3) is 5.56 Å². The molecule has 0 saturated heterocycles. The van der Waals surface area contributed by atoms with Gasteiger partial charge in [0, 0.05) is 11.6 Å². The van der Waals surface area contributed by atoms with Gasteiger partial charge in [-0.15, -0.1) is 0 Å². The summed E-state index contributed by atoms with van der Waals surface area (Å²) in [7, 11) is 6.81. The lowest BCUT2D eigenvalue weighted by Gasteiger charge is -2.14. The quantitative estimate of drug-likeness (QED) is 0.653. The molecule has 2 aromatic carbocycles. The first-order valence-electron chi connectivity index (χ1n) is 8.63. The number of nitrogens with one attached hydrogen (secondary N) is 2. The van der Waals surface area contributed by atoms with Crippen LogP contribution in [0.15, 0.2) is 41.2 Å². The molecule has 1 atom stereocenters. The monoisotopic (exact) mass is 370 g/mol. The van der Waals surface area contributed by atoms with Crippen LogP contribution in [-0.2, 0) is 13.1 Å². The number of H-pyrrole nitrogens is 1. The molecule has 7 nitrogen and oxygen atoms in total. The molecule has 0 bridgehead atoms. The van der Waals surface area contributed by atoms with Crippen LogP contribution in [0.4, 0.5) is 0 Å². The number of hydrogen-bond acceptors (Lipinski definition) is 5. The summed E-state index contributed by atoms with van der Waals surface area (Å²) in [4.78, 5) is 21.1. The predicted molar refractivity (Wildman–Crippen MR) is 103 cm³/mol. The molecule has 0 radical (unpaired) electrons. The smallest absolute Gasteiger partial charge is 0.259 e. The van der Waals surface area contributed by atoms with E-state index in [9.17, 15) is 4.79 Å². The molecule has 0 aliphatic carbocycles. The molecule has 0 spiro atoms. The molecule has 0 aliphatic rings. The van der Waals surface area contributed by atoms with E-state index in [2.05, 4.69) is 17.0 Å². The third kappa shape index (κ3) is 4.20. The second-order valence-electron chi connectivity index (χ2n) is 6.40. The number of rotatable bonds is 7.